The van der Waals surface area contributed by atoms with Gasteiger partial charge in [-0.25, -0.2) is 16.8 Å². The van der Waals surface area contributed by atoms with Gasteiger partial charge in [-0.1, -0.05) is 12.1 Å². The SMILES string of the molecule is C[C@@H]1[C@H](C(=O)O)CCCN1S(=O)(=O)c1ccccc1S(=O)(=O)C(F)F. The zero-order valence-electron chi connectivity index (χ0n) is 13.2. The summed E-state index contributed by atoms with van der Waals surface area (Å²) in [7, 11) is -9.60. The van der Waals surface area contributed by atoms with Crippen molar-refractivity contribution >= 4 is 25.8 Å². The molecule has 1 fully saturated rings. The van der Waals surface area contributed by atoms with Crippen LogP contribution in [0.1, 0.15) is 19.8 Å². The first kappa shape index (κ1) is 19.7. The minimum absolute atomic E-state index is 0.0175. The first-order chi connectivity index (χ1) is 11.5. The number of alkyl halides is 2. The first-order valence-corrected chi connectivity index (χ1v) is 10.4. The highest BCUT2D eigenvalue weighted by molar-refractivity contribution is 7.93. The summed E-state index contributed by atoms with van der Waals surface area (Å²) >= 11 is 0. The fraction of sp³-hybridized carbons (Fsp3) is 0.500. The van der Waals surface area contributed by atoms with Crippen LogP contribution in [-0.2, 0) is 24.7 Å². The predicted octanol–water partition coefficient (Wildman–Crippen LogP) is 1.56. The number of carbonyl (C=O) groups is 1. The molecule has 2 atom stereocenters. The minimum atomic E-state index is -5.13. The van der Waals surface area contributed by atoms with Gasteiger partial charge in [0, 0.05) is 12.6 Å². The van der Waals surface area contributed by atoms with Gasteiger partial charge in [0.25, 0.3) is 0 Å². The van der Waals surface area contributed by atoms with Crippen LogP contribution < -0.4 is 0 Å². The second-order valence-corrected chi connectivity index (χ2v) is 9.44. The number of carboxylic acids is 1. The normalized spacial score (nSPS) is 22.9. The number of sulfonamides is 1. The number of halogens is 2. The molecule has 1 saturated heterocycles. The molecule has 2 rings (SSSR count). The number of benzene rings is 1. The van der Waals surface area contributed by atoms with E-state index >= 15 is 0 Å². The highest BCUT2D eigenvalue weighted by Gasteiger charge is 2.42. The Kier molecular flexibility index (Phi) is 5.50. The van der Waals surface area contributed by atoms with E-state index in [9.17, 15) is 35.5 Å². The summed E-state index contributed by atoms with van der Waals surface area (Å²) in [5.74, 6) is -5.89. The Balaban J connectivity index is 2.57. The van der Waals surface area contributed by atoms with Crippen LogP contribution in [0.5, 0.6) is 0 Å². The molecule has 140 valence electrons. The zero-order chi connectivity index (χ0) is 19.0. The van der Waals surface area contributed by atoms with Gasteiger partial charge >= 0.3 is 11.7 Å². The molecule has 0 aromatic heterocycles. The number of rotatable bonds is 5. The van der Waals surface area contributed by atoms with E-state index in [0.717, 1.165) is 22.5 Å². The summed E-state index contributed by atoms with van der Waals surface area (Å²) < 4.78 is 76.0. The molecule has 0 spiro atoms. The van der Waals surface area contributed by atoms with Crippen LogP contribution in [0.2, 0.25) is 0 Å². The van der Waals surface area contributed by atoms with E-state index in [4.69, 9.17) is 0 Å². The molecule has 0 radical (unpaired) electrons. The van der Waals surface area contributed by atoms with Crippen LogP contribution >= 0.6 is 0 Å². The standard InChI is InChI=1S/C14H17F2NO6S2/c1-9-10(13(18)19)5-4-8-17(9)25(22,23)12-7-3-2-6-11(12)24(20,21)14(15)16/h2-3,6-7,9-10,14H,4-5,8H2,1H3,(H,18,19)/t9-,10-/m1/s1. The van der Waals surface area contributed by atoms with Crippen LogP contribution in [0.4, 0.5) is 8.78 Å². The Hall–Kier alpha value is -1.59. The number of carboxylic acid groups (broad SMARTS) is 1. The number of hydrogen-bond donors (Lipinski definition) is 1. The predicted molar refractivity (Wildman–Crippen MR) is 83.3 cm³/mol. The first-order valence-electron chi connectivity index (χ1n) is 7.37. The molecule has 1 aromatic carbocycles. The topological polar surface area (TPSA) is 109 Å². The molecule has 7 nitrogen and oxygen atoms in total. The van der Waals surface area contributed by atoms with E-state index in [0.29, 0.717) is 0 Å². The lowest BCUT2D eigenvalue weighted by atomic mass is 9.92. The Bertz CT molecular complexity index is 869. The van der Waals surface area contributed by atoms with E-state index in [1.807, 2.05) is 0 Å². The summed E-state index contributed by atoms with van der Waals surface area (Å²) in [5, 5.41) is 9.20. The van der Waals surface area contributed by atoms with Crippen LogP contribution in [0.3, 0.4) is 0 Å². The third-order valence-corrected chi connectivity index (χ3v) is 7.84. The number of hydrogen-bond acceptors (Lipinski definition) is 5. The van der Waals surface area contributed by atoms with Crippen molar-refractivity contribution in [3.63, 3.8) is 0 Å². The molecule has 1 N–H and O–H groups in total. The molecule has 25 heavy (non-hydrogen) atoms. The Labute approximate surface area is 144 Å². The van der Waals surface area contributed by atoms with E-state index in [1.165, 1.54) is 13.0 Å². The quantitative estimate of drug-likeness (QED) is 0.808. The van der Waals surface area contributed by atoms with E-state index in [1.54, 1.807) is 0 Å². The van der Waals surface area contributed by atoms with Crippen LogP contribution in [0.15, 0.2) is 34.1 Å². The van der Waals surface area contributed by atoms with Crippen molar-refractivity contribution in [3.8, 4) is 0 Å². The average Bonchev–Trinajstić information content (AvgIpc) is 2.54. The second-order valence-electron chi connectivity index (χ2n) is 5.70. The highest BCUT2D eigenvalue weighted by Crippen LogP contribution is 2.33. The lowest BCUT2D eigenvalue weighted by Gasteiger charge is -2.36. The number of piperidine rings is 1. The maximum atomic E-state index is 12.9. The Morgan fingerprint density at radius 1 is 1.20 bits per heavy atom. The minimum Gasteiger partial charge on any atom is -0.481 e. The van der Waals surface area contributed by atoms with Crippen molar-refractivity contribution in [2.24, 2.45) is 5.92 Å². The van der Waals surface area contributed by atoms with Gasteiger partial charge in [0.15, 0.2) is 0 Å². The van der Waals surface area contributed by atoms with E-state index in [2.05, 4.69) is 0 Å². The molecule has 0 unspecified atom stereocenters. The molecule has 11 heteroatoms. The molecular weight excluding hydrogens is 380 g/mol. The Morgan fingerprint density at radius 2 is 1.76 bits per heavy atom. The third kappa shape index (κ3) is 3.53. The van der Waals surface area contributed by atoms with Gasteiger partial charge < -0.3 is 5.11 Å². The van der Waals surface area contributed by atoms with Crippen LogP contribution in [-0.4, -0.2) is 50.6 Å². The molecule has 1 aliphatic heterocycles. The summed E-state index contributed by atoms with van der Waals surface area (Å²) in [5.41, 5.74) is 0. The van der Waals surface area contributed by atoms with E-state index in [-0.39, 0.29) is 19.4 Å². The average molecular weight is 397 g/mol. The van der Waals surface area contributed by atoms with Gasteiger partial charge in [-0.15, -0.1) is 0 Å². The fourth-order valence-corrected chi connectivity index (χ4v) is 6.15. The highest BCUT2D eigenvalue weighted by atomic mass is 32.2. The summed E-state index contributed by atoms with van der Waals surface area (Å²) in [6.07, 6.45) is 0.545. The molecule has 1 heterocycles. The van der Waals surface area contributed by atoms with Gasteiger partial charge in [0.2, 0.25) is 19.9 Å². The van der Waals surface area contributed by atoms with Crippen LogP contribution in [0.25, 0.3) is 0 Å². The van der Waals surface area contributed by atoms with Crippen LogP contribution in [0, 0.1) is 5.92 Å². The molecule has 0 saturated carbocycles. The van der Waals surface area contributed by atoms with Gasteiger partial charge in [0.05, 0.1) is 10.8 Å². The van der Waals surface area contributed by atoms with Crippen molar-refractivity contribution in [3.05, 3.63) is 24.3 Å². The van der Waals surface area contributed by atoms with E-state index < -0.39 is 53.3 Å². The molecule has 1 aliphatic rings. The lowest BCUT2D eigenvalue weighted by molar-refractivity contribution is -0.144. The summed E-state index contributed by atoms with van der Waals surface area (Å²) in [4.78, 5) is 9.51. The maximum absolute atomic E-state index is 12.9. The van der Waals surface area contributed by atoms with Gasteiger partial charge in [0.1, 0.15) is 4.90 Å². The molecule has 0 bridgehead atoms. The smallest absolute Gasteiger partial charge is 0.341 e. The fourth-order valence-electron chi connectivity index (χ4n) is 2.90. The second kappa shape index (κ2) is 6.96. The lowest BCUT2D eigenvalue weighted by Crippen LogP contribution is -2.49. The third-order valence-electron chi connectivity index (χ3n) is 4.22. The van der Waals surface area contributed by atoms with Gasteiger partial charge in [-0.3, -0.25) is 4.79 Å². The van der Waals surface area contributed by atoms with Crippen molar-refractivity contribution in [2.45, 2.75) is 41.4 Å². The number of sulfone groups is 1. The van der Waals surface area contributed by atoms with Crippen molar-refractivity contribution in [1.82, 2.24) is 4.31 Å². The summed E-state index contributed by atoms with van der Waals surface area (Å²) in [6.45, 7) is 1.38. The van der Waals surface area contributed by atoms with Crippen molar-refractivity contribution < 1.29 is 35.5 Å². The number of nitrogens with zero attached hydrogens (tertiary/aromatic N) is 1. The molecular formula is C14H17F2NO6S2. The van der Waals surface area contributed by atoms with Crippen molar-refractivity contribution in [2.75, 3.05) is 6.54 Å². The zero-order valence-corrected chi connectivity index (χ0v) is 14.8. The monoisotopic (exact) mass is 397 g/mol. The van der Waals surface area contributed by atoms with Gasteiger partial charge in [-0.05, 0) is 31.9 Å². The number of aliphatic carboxylic acids is 1. The molecule has 0 aliphatic carbocycles. The largest absolute Gasteiger partial charge is 0.481 e. The molecule has 0 amide bonds. The van der Waals surface area contributed by atoms with Gasteiger partial charge in [-0.2, -0.15) is 13.1 Å². The van der Waals surface area contributed by atoms with Crippen molar-refractivity contribution in [1.29, 1.82) is 0 Å². The maximum Gasteiger partial charge on any atom is 0.341 e. The Morgan fingerprint density at radius 3 is 2.28 bits per heavy atom. The molecule has 1 aromatic rings. The summed E-state index contributed by atoms with van der Waals surface area (Å²) in [6, 6.07) is 3.17.